The monoisotopic (exact) mass is 306 g/mol. The molecule has 0 heterocycles. The molecule has 0 spiro atoms. The highest BCUT2D eigenvalue weighted by Gasteiger charge is 1.98. The zero-order valence-corrected chi connectivity index (χ0v) is 16.6. The van der Waals surface area contributed by atoms with E-state index in [0.717, 1.165) is 6.54 Å². The molecule has 0 radical (unpaired) electrons. The maximum atomic E-state index is 3.77. The predicted octanol–water partition coefficient (Wildman–Crippen LogP) is 7.09. The van der Waals surface area contributed by atoms with Crippen molar-refractivity contribution in [3.8, 4) is 0 Å². The summed E-state index contributed by atoms with van der Waals surface area (Å²) in [7, 11) is 0. The number of benzene rings is 1. The molecule has 0 aromatic heterocycles. The average Bonchev–Trinajstić information content (AvgIpc) is 2.66. The lowest BCUT2D eigenvalue weighted by atomic mass is 10.2. The minimum atomic E-state index is 0.870. The minimum absolute atomic E-state index is 0.870. The Morgan fingerprint density at radius 3 is 1.68 bits per heavy atom. The lowest BCUT2D eigenvalue weighted by Gasteiger charge is -1.96. The number of rotatable bonds is 4. The van der Waals surface area contributed by atoms with E-state index in [1.54, 1.807) is 0 Å². The van der Waals surface area contributed by atoms with Crippen LogP contribution >= 0.6 is 0 Å². The molecule has 1 heteroatoms. The second-order valence-electron chi connectivity index (χ2n) is 3.02. The van der Waals surface area contributed by atoms with E-state index in [9.17, 15) is 0 Å². The van der Waals surface area contributed by atoms with Crippen LogP contribution in [0.5, 0.6) is 0 Å². The third kappa shape index (κ3) is 20.7. The molecular weight excluding hydrogens is 266 g/mol. The van der Waals surface area contributed by atoms with E-state index < -0.39 is 0 Å². The molecule has 0 aliphatic heterocycles. The average molecular weight is 307 g/mol. The quantitative estimate of drug-likeness (QED) is 0.412. The minimum Gasteiger partial charge on any atom is -0.201 e. The molecule has 128 valence electrons. The largest absolute Gasteiger partial charge is 0.201 e. The smallest absolute Gasteiger partial charge is 0.173 e. The molecule has 22 heavy (non-hydrogen) atoms. The Bertz CT molecular complexity index is 334. The summed E-state index contributed by atoms with van der Waals surface area (Å²) in [5.41, 5.74) is 1.29. The van der Waals surface area contributed by atoms with Gasteiger partial charge in [-0.3, -0.25) is 0 Å². The number of hydrogen-bond donors (Lipinski definition) is 0. The summed E-state index contributed by atoms with van der Waals surface area (Å²) in [6.45, 7) is 22.6. The summed E-state index contributed by atoms with van der Waals surface area (Å²) in [5, 5.41) is 0. The first kappa shape index (κ1) is 28.5. The fourth-order valence-corrected chi connectivity index (χ4v) is 1.17. The van der Waals surface area contributed by atoms with Gasteiger partial charge in [-0.2, -0.15) is 0 Å². The molecule has 0 saturated heterocycles. The molecule has 1 aromatic rings. The van der Waals surface area contributed by atoms with E-state index >= 15 is 0 Å². The van der Waals surface area contributed by atoms with Crippen molar-refractivity contribution in [3.05, 3.63) is 60.8 Å². The molecule has 0 amide bonds. The van der Waals surface area contributed by atoms with Crippen LogP contribution in [-0.4, -0.2) is 10.8 Å². The van der Waals surface area contributed by atoms with Crippen LogP contribution in [0.15, 0.2) is 55.3 Å². The Morgan fingerprint density at radius 1 is 0.864 bits per heavy atom. The van der Waals surface area contributed by atoms with Crippen molar-refractivity contribution in [1.29, 1.82) is 0 Å². The number of nitrogens with zero attached hydrogens (tertiary/aromatic N) is 1. The topological polar surface area (TPSA) is 3.01 Å². The molecule has 0 aliphatic rings. The van der Waals surface area contributed by atoms with Gasteiger partial charge in [0.05, 0.1) is 0 Å². The zero-order valence-electron chi connectivity index (χ0n) is 16.6. The lowest BCUT2D eigenvalue weighted by Crippen LogP contribution is -2.03. The van der Waals surface area contributed by atoms with E-state index in [0.29, 0.717) is 0 Å². The van der Waals surface area contributed by atoms with Gasteiger partial charge in [-0.15, -0.1) is 0 Å². The molecule has 0 N–H and O–H groups in total. The zero-order chi connectivity index (χ0) is 18.2. The van der Waals surface area contributed by atoms with Crippen LogP contribution in [0, 0.1) is 0 Å². The van der Waals surface area contributed by atoms with Crippen LogP contribution in [0.25, 0.3) is 0 Å². The first-order valence-electron chi connectivity index (χ1n) is 8.75. The van der Waals surface area contributed by atoms with Crippen LogP contribution in [0.4, 0.5) is 0 Å². The third-order valence-electron chi connectivity index (χ3n) is 1.91. The van der Waals surface area contributed by atoms with Gasteiger partial charge in [0.15, 0.2) is 19.0 Å². The van der Waals surface area contributed by atoms with Gasteiger partial charge in [0, 0.05) is 5.56 Å². The van der Waals surface area contributed by atoms with Gasteiger partial charge < -0.3 is 0 Å². The fourth-order valence-electron chi connectivity index (χ4n) is 1.17. The van der Waals surface area contributed by atoms with Crippen LogP contribution in [0.2, 0.25) is 0 Å². The summed E-state index contributed by atoms with van der Waals surface area (Å²) >= 11 is 0. The summed E-state index contributed by atoms with van der Waals surface area (Å²) in [6.07, 6.45) is 7.85. The van der Waals surface area contributed by atoms with Gasteiger partial charge in [0.25, 0.3) is 0 Å². The molecule has 0 bridgehead atoms. The fraction of sp³-hybridized carbons (Fsp3) is 0.476. The maximum absolute atomic E-state index is 3.77. The number of hydrogen-bond acceptors (Lipinski definition) is 0. The summed E-state index contributed by atoms with van der Waals surface area (Å²) in [4.78, 5) is 0. The van der Waals surface area contributed by atoms with Gasteiger partial charge in [-0.05, 0) is 19.6 Å². The van der Waals surface area contributed by atoms with Crippen molar-refractivity contribution in [1.82, 2.24) is 0 Å². The van der Waals surface area contributed by atoms with Gasteiger partial charge >= 0.3 is 0 Å². The van der Waals surface area contributed by atoms with Crippen LogP contribution < -0.4 is 0 Å². The molecule has 1 aromatic carbocycles. The molecule has 0 fully saturated rings. The maximum Gasteiger partial charge on any atom is 0.173 e. The molecule has 1 nitrogen and oxygen atoms in total. The van der Waals surface area contributed by atoms with Gasteiger partial charge in [-0.1, -0.05) is 91.8 Å². The normalized spacial score (nSPS) is 8.68. The van der Waals surface area contributed by atoms with Crippen molar-refractivity contribution >= 4 is 6.21 Å². The van der Waals surface area contributed by atoms with Crippen molar-refractivity contribution in [2.75, 3.05) is 0 Å². The van der Waals surface area contributed by atoms with Crippen LogP contribution in [0.3, 0.4) is 0 Å². The van der Waals surface area contributed by atoms with Gasteiger partial charge in [0.1, 0.15) is 0 Å². The Hall–Kier alpha value is -1.63. The first-order chi connectivity index (χ1) is 10.9. The standard InChI is InChI=1S/C13H16N.4C2H6/c1-3-5-11-14(4-2)12-13-9-7-6-8-10-13;4*1-2/h3-11H,2,12H2,1H3;4*1-2H3/q+1;;;;/b5-3-,14-11?;;;;. The Morgan fingerprint density at radius 2 is 1.32 bits per heavy atom. The SMILES string of the molecule is C=C[N+](=C/C=C\C)Cc1ccccc1.CC.CC.CC.CC. The Balaban J connectivity index is -0.000000175. The molecule has 1 rings (SSSR count). The summed E-state index contributed by atoms with van der Waals surface area (Å²) in [6, 6.07) is 10.3. The van der Waals surface area contributed by atoms with E-state index in [-0.39, 0.29) is 0 Å². The Labute approximate surface area is 141 Å². The highest BCUT2D eigenvalue weighted by Crippen LogP contribution is 2.00. The summed E-state index contributed by atoms with van der Waals surface area (Å²) in [5.74, 6) is 0. The molecule has 0 saturated carbocycles. The van der Waals surface area contributed by atoms with Crippen molar-refractivity contribution in [2.45, 2.75) is 68.9 Å². The van der Waals surface area contributed by atoms with Crippen LogP contribution in [0.1, 0.15) is 67.9 Å². The second-order valence-corrected chi connectivity index (χ2v) is 3.02. The van der Waals surface area contributed by atoms with Gasteiger partial charge in [-0.25, -0.2) is 4.58 Å². The summed E-state index contributed by atoms with van der Waals surface area (Å²) < 4.78 is 2.05. The Kier molecular flexibility index (Phi) is 41.0. The highest BCUT2D eigenvalue weighted by atomic mass is 15.0. The van der Waals surface area contributed by atoms with E-state index in [4.69, 9.17) is 0 Å². The highest BCUT2D eigenvalue weighted by molar-refractivity contribution is 5.66. The van der Waals surface area contributed by atoms with Crippen molar-refractivity contribution < 1.29 is 4.58 Å². The third-order valence-corrected chi connectivity index (χ3v) is 1.91. The van der Waals surface area contributed by atoms with E-state index in [2.05, 4.69) is 23.3 Å². The van der Waals surface area contributed by atoms with Crippen molar-refractivity contribution in [2.24, 2.45) is 0 Å². The van der Waals surface area contributed by atoms with Crippen molar-refractivity contribution in [3.63, 3.8) is 0 Å². The molecule has 0 atom stereocenters. The van der Waals surface area contributed by atoms with E-state index in [1.165, 1.54) is 5.56 Å². The molecular formula is C21H40N+. The number of allylic oxidation sites excluding steroid dienone is 2. The lowest BCUT2D eigenvalue weighted by molar-refractivity contribution is -0.468. The molecule has 0 unspecified atom stereocenters. The van der Waals surface area contributed by atoms with Crippen LogP contribution in [-0.2, 0) is 6.54 Å². The van der Waals surface area contributed by atoms with Gasteiger partial charge in [0.2, 0.25) is 0 Å². The predicted molar refractivity (Wildman–Crippen MR) is 107 cm³/mol. The second kappa shape index (κ2) is 31.7. The van der Waals surface area contributed by atoms with E-state index in [1.807, 2.05) is 105 Å². The molecule has 0 aliphatic carbocycles. The first-order valence-corrected chi connectivity index (χ1v) is 8.75.